The van der Waals surface area contributed by atoms with Crippen molar-refractivity contribution in [1.82, 2.24) is 4.90 Å². The van der Waals surface area contributed by atoms with Crippen molar-refractivity contribution >= 4 is 0 Å². The fourth-order valence-electron chi connectivity index (χ4n) is 1.91. The van der Waals surface area contributed by atoms with Gasteiger partial charge in [0.25, 0.3) is 0 Å². The van der Waals surface area contributed by atoms with Gasteiger partial charge in [0.15, 0.2) is 0 Å². The molecule has 1 N–H and O–H groups in total. The first-order valence-electron chi connectivity index (χ1n) is 5.04. The molecule has 1 aliphatic rings. The molecule has 0 aliphatic carbocycles. The lowest BCUT2D eigenvalue weighted by molar-refractivity contribution is -0.102. The van der Waals surface area contributed by atoms with Gasteiger partial charge in [-0.1, -0.05) is 13.3 Å². The SMILES string of the molecule is CC#CCCN1CC(O)(CCC)C1. The first-order valence-corrected chi connectivity index (χ1v) is 5.04. The molecule has 0 atom stereocenters. The van der Waals surface area contributed by atoms with Gasteiger partial charge in [0.2, 0.25) is 0 Å². The number of rotatable bonds is 4. The van der Waals surface area contributed by atoms with Crippen molar-refractivity contribution < 1.29 is 5.11 Å². The molecule has 0 bridgehead atoms. The zero-order chi connectivity index (χ0) is 9.73. The molecule has 1 saturated heterocycles. The van der Waals surface area contributed by atoms with E-state index in [0.29, 0.717) is 0 Å². The number of hydrogen-bond acceptors (Lipinski definition) is 2. The van der Waals surface area contributed by atoms with Gasteiger partial charge in [0.05, 0.1) is 5.60 Å². The number of likely N-dealkylation sites (tertiary alicyclic amines) is 1. The molecule has 1 aliphatic heterocycles. The molecular weight excluding hydrogens is 162 g/mol. The number of hydrogen-bond donors (Lipinski definition) is 1. The highest BCUT2D eigenvalue weighted by molar-refractivity contribution is 4.99. The van der Waals surface area contributed by atoms with Crippen LogP contribution in [0.5, 0.6) is 0 Å². The molecule has 0 aromatic carbocycles. The van der Waals surface area contributed by atoms with Gasteiger partial charge in [-0.2, -0.15) is 0 Å². The molecule has 0 saturated carbocycles. The van der Waals surface area contributed by atoms with Crippen LogP contribution in [0.15, 0.2) is 0 Å². The predicted molar refractivity (Wildman–Crippen MR) is 54.4 cm³/mol. The summed E-state index contributed by atoms with van der Waals surface area (Å²) in [7, 11) is 0. The molecule has 2 heteroatoms. The first-order chi connectivity index (χ1) is 6.20. The highest BCUT2D eigenvalue weighted by Crippen LogP contribution is 2.25. The monoisotopic (exact) mass is 181 g/mol. The van der Waals surface area contributed by atoms with E-state index in [4.69, 9.17) is 0 Å². The normalized spacial score (nSPS) is 20.2. The highest BCUT2D eigenvalue weighted by Gasteiger charge is 2.39. The maximum Gasteiger partial charge on any atom is 0.0900 e. The minimum absolute atomic E-state index is 0.381. The van der Waals surface area contributed by atoms with E-state index in [1.807, 2.05) is 6.92 Å². The molecule has 74 valence electrons. The van der Waals surface area contributed by atoms with E-state index >= 15 is 0 Å². The summed E-state index contributed by atoms with van der Waals surface area (Å²) in [5.41, 5.74) is -0.381. The summed E-state index contributed by atoms with van der Waals surface area (Å²) in [5.74, 6) is 5.91. The van der Waals surface area contributed by atoms with Gasteiger partial charge in [-0.25, -0.2) is 0 Å². The van der Waals surface area contributed by atoms with Crippen LogP contribution in [0, 0.1) is 11.8 Å². The van der Waals surface area contributed by atoms with Crippen molar-refractivity contribution in [2.24, 2.45) is 0 Å². The summed E-state index contributed by atoms with van der Waals surface area (Å²) in [6.07, 6.45) is 2.93. The third-order valence-electron chi connectivity index (χ3n) is 2.48. The molecule has 0 aromatic rings. The van der Waals surface area contributed by atoms with Crippen LogP contribution in [0.4, 0.5) is 0 Å². The fourth-order valence-corrected chi connectivity index (χ4v) is 1.91. The minimum Gasteiger partial charge on any atom is -0.387 e. The highest BCUT2D eigenvalue weighted by atomic mass is 16.3. The third kappa shape index (κ3) is 3.02. The van der Waals surface area contributed by atoms with E-state index in [9.17, 15) is 5.11 Å². The molecular formula is C11H19NO. The molecule has 2 nitrogen and oxygen atoms in total. The van der Waals surface area contributed by atoms with Crippen LogP contribution in [-0.4, -0.2) is 35.2 Å². The standard InChI is InChI=1S/C11H19NO/c1-3-5-6-8-12-9-11(13,10-12)7-4-2/h13H,4,6-10H2,1-2H3. The summed E-state index contributed by atoms with van der Waals surface area (Å²) in [6, 6.07) is 0. The van der Waals surface area contributed by atoms with Crippen LogP contribution < -0.4 is 0 Å². The van der Waals surface area contributed by atoms with Crippen molar-refractivity contribution in [3.05, 3.63) is 0 Å². The number of β-amino-alcohol motifs (C(OH)–C–C–N with tert-alkyl or cyclic N) is 1. The van der Waals surface area contributed by atoms with Gasteiger partial charge in [-0.05, 0) is 13.3 Å². The summed E-state index contributed by atoms with van der Waals surface area (Å²) in [4.78, 5) is 2.26. The lowest BCUT2D eigenvalue weighted by atomic mass is 9.89. The topological polar surface area (TPSA) is 23.5 Å². The van der Waals surface area contributed by atoms with Crippen molar-refractivity contribution in [3.8, 4) is 11.8 Å². The van der Waals surface area contributed by atoms with Gasteiger partial charge in [-0.3, -0.25) is 4.90 Å². The quantitative estimate of drug-likeness (QED) is 0.660. The molecule has 0 unspecified atom stereocenters. The van der Waals surface area contributed by atoms with Crippen LogP contribution >= 0.6 is 0 Å². The van der Waals surface area contributed by atoms with Gasteiger partial charge >= 0.3 is 0 Å². The number of nitrogens with zero attached hydrogens (tertiary/aromatic N) is 1. The van der Waals surface area contributed by atoms with E-state index in [1.54, 1.807) is 0 Å². The van der Waals surface area contributed by atoms with Crippen molar-refractivity contribution in [3.63, 3.8) is 0 Å². The van der Waals surface area contributed by atoms with E-state index in [0.717, 1.165) is 38.9 Å². The van der Waals surface area contributed by atoms with Crippen LogP contribution in [0.2, 0.25) is 0 Å². The Morgan fingerprint density at radius 2 is 2.15 bits per heavy atom. The van der Waals surface area contributed by atoms with E-state index in [1.165, 1.54) is 0 Å². The maximum absolute atomic E-state index is 9.86. The van der Waals surface area contributed by atoms with Gasteiger partial charge < -0.3 is 5.11 Å². The Kier molecular flexibility index (Phi) is 3.77. The average molecular weight is 181 g/mol. The molecule has 0 amide bonds. The van der Waals surface area contributed by atoms with Gasteiger partial charge in [0.1, 0.15) is 0 Å². The predicted octanol–water partition coefficient (Wildman–Crippen LogP) is 1.25. The van der Waals surface area contributed by atoms with Crippen LogP contribution in [0.1, 0.15) is 33.1 Å². The Balaban J connectivity index is 2.12. The summed E-state index contributed by atoms with van der Waals surface area (Å²) < 4.78 is 0. The zero-order valence-corrected chi connectivity index (χ0v) is 8.64. The Bertz CT molecular complexity index is 208. The summed E-state index contributed by atoms with van der Waals surface area (Å²) in [6.45, 7) is 6.66. The Morgan fingerprint density at radius 3 is 2.69 bits per heavy atom. The number of aliphatic hydroxyl groups is 1. The van der Waals surface area contributed by atoms with Gasteiger partial charge in [0, 0.05) is 26.1 Å². The smallest absolute Gasteiger partial charge is 0.0900 e. The van der Waals surface area contributed by atoms with E-state index < -0.39 is 0 Å². The van der Waals surface area contributed by atoms with Crippen molar-refractivity contribution in [2.75, 3.05) is 19.6 Å². The van der Waals surface area contributed by atoms with Crippen LogP contribution in [0.25, 0.3) is 0 Å². The Morgan fingerprint density at radius 1 is 1.46 bits per heavy atom. The lowest BCUT2D eigenvalue weighted by Gasteiger charge is -2.46. The van der Waals surface area contributed by atoms with Crippen molar-refractivity contribution in [2.45, 2.75) is 38.7 Å². The molecule has 1 rings (SSSR count). The second kappa shape index (κ2) is 4.64. The first kappa shape index (κ1) is 10.6. The average Bonchev–Trinajstić information content (AvgIpc) is 2.02. The molecule has 0 aromatic heterocycles. The Labute approximate surface area is 80.9 Å². The largest absolute Gasteiger partial charge is 0.387 e. The Hall–Kier alpha value is -0.520. The molecule has 0 radical (unpaired) electrons. The molecule has 1 fully saturated rings. The second-order valence-electron chi connectivity index (χ2n) is 3.86. The molecule has 1 heterocycles. The van der Waals surface area contributed by atoms with E-state index in [-0.39, 0.29) is 5.60 Å². The minimum atomic E-state index is -0.381. The van der Waals surface area contributed by atoms with Gasteiger partial charge in [-0.15, -0.1) is 11.8 Å². The maximum atomic E-state index is 9.86. The van der Waals surface area contributed by atoms with Crippen LogP contribution in [0.3, 0.4) is 0 Å². The second-order valence-corrected chi connectivity index (χ2v) is 3.86. The zero-order valence-electron chi connectivity index (χ0n) is 8.64. The molecule has 13 heavy (non-hydrogen) atoms. The van der Waals surface area contributed by atoms with Crippen molar-refractivity contribution in [1.29, 1.82) is 0 Å². The summed E-state index contributed by atoms with van der Waals surface area (Å²) in [5, 5.41) is 9.86. The fraction of sp³-hybridized carbons (Fsp3) is 0.818. The lowest BCUT2D eigenvalue weighted by Crippen LogP contribution is -2.61. The molecule has 0 spiro atoms. The third-order valence-corrected chi connectivity index (χ3v) is 2.48. The summed E-state index contributed by atoms with van der Waals surface area (Å²) >= 11 is 0. The van der Waals surface area contributed by atoms with E-state index in [2.05, 4.69) is 23.7 Å². The van der Waals surface area contributed by atoms with Crippen LogP contribution in [-0.2, 0) is 0 Å².